The van der Waals surface area contributed by atoms with Gasteiger partial charge < -0.3 is 10.4 Å². The van der Waals surface area contributed by atoms with Crippen LogP contribution in [0.5, 0.6) is 0 Å². The molecule has 0 spiro atoms. The van der Waals surface area contributed by atoms with Gasteiger partial charge in [0.2, 0.25) is 5.91 Å². The summed E-state index contributed by atoms with van der Waals surface area (Å²) in [5.74, 6) is -1.63. The molecule has 0 saturated heterocycles. The molecule has 16 heavy (non-hydrogen) atoms. The summed E-state index contributed by atoms with van der Waals surface area (Å²) in [6, 6.07) is -1.18. The van der Waals surface area contributed by atoms with Gasteiger partial charge in [-0.2, -0.15) is 0 Å². The molecule has 5 heteroatoms. The Morgan fingerprint density at radius 3 is 2.50 bits per heavy atom. The highest BCUT2D eigenvalue weighted by molar-refractivity contribution is 5.83. The molecular weight excluding hydrogens is 213 g/mol. The summed E-state index contributed by atoms with van der Waals surface area (Å²) in [5.41, 5.74) is -1.63. The van der Waals surface area contributed by atoms with E-state index in [1.54, 1.807) is 6.08 Å². The topological polar surface area (TPSA) is 66.4 Å². The largest absolute Gasteiger partial charge is 0.480 e. The molecule has 1 atom stereocenters. The van der Waals surface area contributed by atoms with Crippen molar-refractivity contribution < 1.29 is 19.1 Å². The van der Waals surface area contributed by atoms with Crippen LogP contribution < -0.4 is 5.32 Å². The van der Waals surface area contributed by atoms with Gasteiger partial charge in [0, 0.05) is 12.8 Å². The monoisotopic (exact) mass is 231 g/mol. The third-order valence-corrected chi connectivity index (χ3v) is 1.90. The fourth-order valence-corrected chi connectivity index (χ4v) is 1.19. The van der Waals surface area contributed by atoms with E-state index in [4.69, 9.17) is 5.11 Å². The Morgan fingerprint density at radius 1 is 1.56 bits per heavy atom. The van der Waals surface area contributed by atoms with Crippen molar-refractivity contribution in [2.75, 3.05) is 0 Å². The minimum Gasteiger partial charge on any atom is -0.480 e. The van der Waals surface area contributed by atoms with E-state index < -0.39 is 23.6 Å². The number of carbonyl (C=O) groups is 2. The highest BCUT2D eigenvalue weighted by atomic mass is 19.1. The zero-order valence-electron chi connectivity index (χ0n) is 9.62. The fraction of sp³-hybridized carbons (Fsp3) is 0.636. The van der Waals surface area contributed by atoms with Crippen molar-refractivity contribution in [1.29, 1.82) is 0 Å². The van der Waals surface area contributed by atoms with Gasteiger partial charge in [-0.15, -0.1) is 6.58 Å². The van der Waals surface area contributed by atoms with Gasteiger partial charge in [0.05, 0.1) is 0 Å². The number of amides is 1. The maximum absolute atomic E-state index is 13.3. The number of nitrogens with one attached hydrogen (secondary N) is 1. The number of carboxylic acids is 1. The minimum absolute atomic E-state index is 0.167. The summed E-state index contributed by atoms with van der Waals surface area (Å²) in [7, 11) is 0. The zero-order chi connectivity index (χ0) is 12.8. The minimum atomic E-state index is -1.63. The number of halogens is 1. The Morgan fingerprint density at radius 2 is 2.12 bits per heavy atom. The molecule has 92 valence electrons. The SMILES string of the molecule is C=CCCC(=O)N[C@@H](CC(C)(C)F)C(=O)O. The molecule has 0 aliphatic carbocycles. The van der Waals surface area contributed by atoms with Gasteiger partial charge in [-0.05, 0) is 20.3 Å². The standard InChI is InChI=1S/C11H18FNO3/c1-4-5-6-9(14)13-8(10(15)16)7-11(2,3)12/h4,8H,1,5-7H2,2-3H3,(H,13,14)(H,15,16)/t8-/m0/s1. The second-order valence-corrected chi connectivity index (χ2v) is 4.21. The predicted molar refractivity (Wildman–Crippen MR) is 58.8 cm³/mol. The number of aliphatic carboxylic acids is 1. The molecule has 0 fully saturated rings. The van der Waals surface area contributed by atoms with Crippen LogP contribution in [0.15, 0.2) is 12.7 Å². The first-order valence-corrected chi connectivity index (χ1v) is 5.08. The highest BCUT2D eigenvalue weighted by Gasteiger charge is 2.28. The van der Waals surface area contributed by atoms with Gasteiger partial charge in [0.25, 0.3) is 0 Å². The van der Waals surface area contributed by atoms with Gasteiger partial charge in [-0.1, -0.05) is 6.08 Å². The highest BCUT2D eigenvalue weighted by Crippen LogP contribution is 2.16. The maximum atomic E-state index is 13.3. The van der Waals surface area contributed by atoms with Gasteiger partial charge >= 0.3 is 5.97 Å². The van der Waals surface area contributed by atoms with E-state index in [1.165, 1.54) is 13.8 Å². The average Bonchev–Trinajstić information content (AvgIpc) is 2.11. The lowest BCUT2D eigenvalue weighted by molar-refractivity contribution is -0.142. The van der Waals surface area contributed by atoms with Crippen LogP contribution in [0.2, 0.25) is 0 Å². The first-order valence-electron chi connectivity index (χ1n) is 5.08. The quantitative estimate of drug-likeness (QED) is 0.655. The Balaban J connectivity index is 4.29. The van der Waals surface area contributed by atoms with Crippen molar-refractivity contribution in [3.63, 3.8) is 0 Å². The molecule has 0 aromatic heterocycles. The van der Waals surface area contributed by atoms with Crippen LogP contribution in [-0.2, 0) is 9.59 Å². The van der Waals surface area contributed by atoms with Crippen LogP contribution in [0.1, 0.15) is 33.1 Å². The first kappa shape index (κ1) is 14.6. The molecule has 4 nitrogen and oxygen atoms in total. The van der Waals surface area contributed by atoms with Gasteiger partial charge in [0.15, 0.2) is 0 Å². The second kappa shape index (κ2) is 6.25. The van der Waals surface area contributed by atoms with E-state index in [2.05, 4.69) is 11.9 Å². The number of carbonyl (C=O) groups excluding carboxylic acids is 1. The lowest BCUT2D eigenvalue weighted by Gasteiger charge is -2.20. The molecule has 0 aliphatic heterocycles. The van der Waals surface area contributed by atoms with Gasteiger partial charge in [-0.3, -0.25) is 4.79 Å². The van der Waals surface area contributed by atoms with E-state index >= 15 is 0 Å². The van der Waals surface area contributed by atoms with Crippen molar-refractivity contribution >= 4 is 11.9 Å². The predicted octanol–water partition coefficient (Wildman–Crippen LogP) is 1.66. The Hall–Kier alpha value is -1.39. The van der Waals surface area contributed by atoms with Crippen LogP contribution >= 0.6 is 0 Å². The van der Waals surface area contributed by atoms with Crippen LogP contribution in [0.25, 0.3) is 0 Å². The number of rotatable bonds is 7. The van der Waals surface area contributed by atoms with Crippen molar-refractivity contribution in [2.45, 2.75) is 44.8 Å². The third-order valence-electron chi connectivity index (χ3n) is 1.90. The Labute approximate surface area is 94.5 Å². The summed E-state index contributed by atoms with van der Waals surface area (Å²) < 4.78 is 13.3. The second-order valence-electron chi connectivity index (χ2n) is 4.21. The van der Waals surface area contributed by atoms with Gasteiger partial charge in [0.1, 0.15) is 11.7 Å². The molecule has 0 saturated carbocycles. The maximum Gasteiger partial charge on any atom is 0.326 e. The summed E-state index contributed by atoms with van der Waals surface area (Å²) in [4.78, 5) is 22.0. The normalized spacial score (nSPS) is 12.9. The number of alkyl halides is 1. The number of hydrogen-bond acceptors (Lipinski definition) is 2. The Bertz CT molecular complexity index is 271. The molecule has 1 amide bonds. The number of carboxylic acid groups (broad SMARTS) is 1. The average molecular weight is 231 g/mol. The lowest BCUT2D eigenvalue weighted by atomic mass is 10.0. The van der Waals surface area contributed by atoms with Crippen molar-refractivity contribution in [3.05, 3.63) is 12.7 Å². The number of hydrogen-bond donors (Lipinski definition) is 2. The first-order chi connectivity index (χ1) is 7.26. The van der Waals surface area contributed by atoms with E-state index in [-0.39, 0.29) is 12.8 Å². The molecule has 0 unspecified atom stereocenters. The van der Waals surface area contributed by atoms with Crippen LogP contribution in [-0.4, -0.2) is 28.7 Å². The molecule has 0 bridgehead atoms. The van der Waals surface area contributed by atoms with Crippen LogP contribution in [0.3, 0.4) is 0 Å². The zero-order valence-corrected chi connectivity index (χ0v) is 9.62. The molecule has 0 aromatic carbocycles. The number of allylic oxidation sites excluding steroid dienone is 1. The molecule has 0 rings (SSSR count). The molecule has 0 heterocycles. The van der Waals surface area contributed by atoms with E-state index in [1.807, 2.05) is 0 Å². The molecule has 0 radical (unpaired) electrons. The molecular formula is C11H18FNO3. The van der Waals surface area contributed by atoms with Crippen LogP contribution in [0, 0.1) is 0 Å². The van der Waals surface area contributed by atoms with E-state index in [9.17, 15) is 14.0 Å². The van der Waals surface area contributed by atoms with Crippen molar-refractivity contribution in [2.24, 2.45) is 0 Å². The smallest absolute Gasteiger partial charge is 0.326 e. The lowest BCUT2D eigenvalue weighted by Crippen LogP contribution is -2.44. The van der Waals surface area contributed by atoms with Crippen molar-refractivity contribution in [3.8, 4) is 0 Å². The summed E-state index contributed by atoms with van der Waals surface area (Å²) in [6.45, 7) is 6.00. The summed E-state index contributed by atoms with van der Waals surface area (Å²) >= 11 is 0. The Kier molecular flexibility index (Phi) is 5.71. The fourth-order valence-electron chi connectivity index (χ4n) is 1.19. The van der Waals surface area contributed by atoms with Crippen LogP contribution in [0.4, 0.5) is 4.39 Å². The summed E-state index contributed by atoms with van der Waals surface area (Å²) in [6.07, 6.45) is 1.95. The molecule has 2 N–H and O–H groups in total. The van der Waals surface area contributed by atoms with E-state index in [0.29, 0.717) is 6.42 Å². The van der Waals surface area contributed by atoms with E-state index in [0.717, 1.165) is 0 Å². The molecule has 0 aliphatic rings. The molecule has 0 aromatic rings. The van der Waals surface area contributed by atoms with Gasteiger partial charge in [-0.25, -0.2) is 9.18 Å². The third kappa shape index (κ3) is 6.98. The van der Waals surface area contributed by atoms with Crippen molar-refractivity contribution in [1.82, 2.24) is 5.32 Å². The summed E-state index contributed by atoms with van der Waals surface area (Å²) in [5, 5.41) is 11.1.